The number of aromatic nitrogens is 4. The zero-order chi connectivity index (χ0) is 24.4. The summed E-state index contributed by atoms with van der Waals surface area (Å²) in [5, 5.41) is 10.1. The molecule has 0 saturated carbocycles. The van der Waals surface area contributed by atoms with Crippen LogP contribution in [0.2, 0.25) is 0 Å². The summed E-state index contributed by atoms with van der Waals surface area (Å²) in [6.45, 7) is 4.74. The highest BCUT2D eigenvalue weighted by Gasteiger charge is 2.23. The first-order valence-corrected chi connectivity index (χ1v) is 11.4. The Morgan fingerprint density at radius 3 is 2.34 bits per heavy atom. The molecular formula is C28H23N5O2. The minimum Gasteiger partial charge on any atom is -0.494 e. The minimum absolute atomic E-state index is 0.152. The quantitative estimate of drug-likeness (QED) is 0.360. The first-order valence-electron chi connectivity index (χ1n) is 11.4. The van der Waals surface area contributed by atoms with E-state index in [1.165, 1.54) is 0 Å². The van der Waals surface area contributed by atoms with Crippen molar-refractivity contribution in [1.29, 1.82) is 5.26 Å². The van der Waals surface area contributed by atoms with Crippen LogP contribution in [0.25, 0.3) is 28.2 Å². The molecule has 0 aliphatic rings. The Bertz CT molecular complexity index is 1610. The number of nitriles is 1. The van der Waals surface area contributed by atoms with E-state index in [0.29, 0.717) is 30.1 Å². The van der Waals surface area contributed by atoms with Gasteiger partial charge in [-0.3, -0.25) is 4.57 Å². The maximum absolute atomic E-state index is 13.8. The van der Waals surface area contributed by atoms with Crippen molar-refractivity contribution in [2.75, 3.05) is 6.61 Å². The first kappa shape index (κ1) is 22.1. The number of nitrogens with zero attached hydrogens (tertiary/aromatic N) is 5. The van der Waals surface area contributed by atoms with E-state index in [0.717, 1.165) is 28.1 Å². The summed E-state index contributed by atoms with van der Waals surface area (Å²) < 4.78 is 8.69. The molecule has 0 aliphatic heterocycles. The third-order valence-corrected chi connectivity index (χ3v) is 5.84. The standard InChI is InChI=1S/C28H23N5O2/c1-3-35-22-15-13-21(14-16-22)26-30-23(17-29)25-27(31-26)33(24-12-8-7-9-19(24)2)28(34)32(25)18-20-10-5-4-6-11-20/h4-16H,3,18H2,1-2H3. The van der Waals surface area contributed by atoms with Gasteiger partial charge in [0.1, 0.15) is 17.3 Å². The lowest BCUT2D eigenvalue weighted by atomic mass is 10.2. The Balaban J connectivity index is 1.79. The van der Waals surface area contributed by atoms with Crippen LogP contribution in [-0.4, -0.2) is 25.7 Å². The van der Waals surface area contributed by atoms with Gasteiger partial charge in [-0.2, -0.15) is 5.26 Å². The molecule has 5 rings (SSSR count). The number of ether oxygens (including phenoxy) is 1. The first-order chi connectivity index (χ1) is 17.1. The van der Waals surface area contributed by atoms with Crippen molar-refractivity contribution in [3.05, 3.63) is 106 Å². The molecular weight excluding hydrogens is 438 g/mol. The van der Waals surface area contributed by atoms with Gasteiger partial charge in [0.05, 0.1) is 18.8 Å². The van der Waals surface area contributed by atoms with E-state index in [2.05, 4.69) is 11.1 Å². The molecule has 7 nitrogen and oxygen atoms in total. The largest absolute Gasteiger partial charge is 0.494 e. The molecule has 0 aliphatic carbocycles. The van der Waals surface area contributed by atoms with Crippen molar-refractivity contribution in [2.45, 2.75) is 20.4 Å². The average molecular weight is 462 g/mol. The third-order valence-electron chi connectivity index (χ3n) is 5.84. The molecule has 0 fully saturated rings. The van der Waals surface area contributed by atoms with E-state index < -0.39 is 0 Å². The molecule has 0 saturated heterocycles. The Labute approximate surface area is 202 Å². The second kappa shape index (κ2) is 9.27. The molecule has 0 atom stereocenters. The number of hydrogen-bond acceptors (Lipinski definition) is 5. The summed E-state index contributed by atoms with van der Waals surface area (Å²) in [5.41, 5.74) is 4.01. The number of imidazole rings is 1. The number of hydrogen-bond donors (Lipinski definition) is 0. The summed E-state index contributed by atoms with van der Waals surface area (Å²) >= 11 is 0. The highest BCUT2D eigenvalue weighted by atomic mass is 16.5. The van der Waals surface area contributed by atoms with Crippen molar-refractivity contribution in [2.24, 2.45) is 0 Å². The van der Waals surface area contributed by atoms with Crippen molar-refractivity contribution >= 4 is 11.2 Å². The number of benzene rings is 3. The van der Waals surface area contributed by atoms with Crippen LogP contribution >= 0.6 is 0 Å². The van der Waals surface area contributed by atoms with Gasteiger partial charge in [-0.15, -0.1) is 0 Å². The van der Waals surface area contributed by atoms with E-state index >= 15 is 0 Å². The van der Waals surface area contributed by atoms with E-state index in [-0.39, 0.29) is 11.4 Å². The van der Waals surface area contributed by atoms with E-state index in [1.54, 1.807) is 9.13 Å². The summed E-state index contributed by atoms with van der Waals surface area (Å²) in [6, 6.07) is 26.9. The highest BCUT2D eigenvalue weighted by molar-refractivity contribution is 5.81. The predicted molar refractivity (Wildman–Crippen MR) is 135 cm³/mol. The lowest BCUT2D eigenvalue weighted by Crippen LogP contribution is -2.24. The fourth-order valence-corrected chi connectivity index (χ4v) is 4.17. The molecule has 3 aromatic carbocycles. The minimum atomic E-state index is -0.271. The van der Waals surface area contributed by atoms with E-state index in [1.807, 2.05) is 92.7 Å². The van der Waals surface area contributed by atoms with Gasteiger partial charge in [0.25, 0.3) is 0 Å². The van der Waals surface area contributed by atoms with Crippen LogP contribution in [0.5, 0.6) is 5.75 Å². The Morgan fingerprint density at radius 2 is 1.66 bits per heavy atom. The highest BCUT2D eigenvalue weighted by Crippen LogP contribution is 2.26. The van der Waals surface area contributed by atoms with Gasteiger partial charge in [-0.25, -0.2) is 19.3 Å². The molecule has 0 radical (unpaired) electrons. The molecule has 7 heteroatoms. The Kier molecular flexibility index (Phi) is 5.86. The van der Waals surface area contributed by atoms with Crippen LogP contribution in [-0.2, 0) is 6.54 Å². The Hall–Kier alpha value is -4.70. The fourth-order valence-electron chi connectivity index (χ4n) is 4.17. The predicted octanol–water partition coefficient (Wildman–Crippen LogP) is 4.88. The molecule has 0 bridgehead atoms. The van der Waals surface area contributed by atoms with Crippen molar-refractivity contribution < 1.29 is 4.74 Å². The molecule has 2 aromatic heterocycles. The average Bonchev–Trinajstić information content (AvgIpc) is 3.16. The van der Waals surface area contributed by atoms with Crippen LogP contribution < -0.4 is 10.4 Å². The lowest BCUT2D eigenvalue weighted by molar-refractivity contribution is 0.340. The maximum Gasteiger partial charge on any atom is 0.335 e. The molecule has 2 heterocycles. The zero-order valence-corrected chi connectivity index (χ0v) is 19.5. The van der Waals surface area contributed by atoms with Gasteiger partial charge in [-0.05, 0) is 55.3 Å². The molecule has 35 heavy (non-hydrogen) atoms. The van der Waals surface area contributed by atoms with Crippen molar-refractivity contribution in [3.63, 3.8) is 0 Å². The van der Waals surface area contributed by atoms with E-state index in [4.69, 9.17) is 9.72 Å². The lowest BCUT2D eigenvalue weighted by Gasteiger charge is -2.08. The van der Waals surface area contributed by atoms with Gasteiger partial charge in [0.2, 0.25) is 0 Å². The maximum atomic E-state index is 13.8. The molecule has 172 valence electrons. The molecule has 0 amide bonds. The van der Waals surface area contributed by atoms with Crippen LogP contribution in [0.15, 0.2) is 83.7 Å². The van der Waals surface area contributed by atoms with Gasteiger partial charge < -0.3 is 4.74 Å². The molecule has 5 aromatic rings. The second-order valence-electron chi connectivity index (χ2n) is 8.11. The third kappa shape index (κ3) is 4.06. The fraction of sp³-hybridized carbons (Fsp3) is 0.143. The molecule has 0 unspecified atom stereocenters. The molecule has 0 N–H and O–H groups in total. The number of fused-ring (bicyclic) bond motifs is 1. The number of para-hydroxylation sites is 1. The van der Waals surface area contributed by atoms with Gasteiger partial charge >= 0.3 is 5.69 Å². The summed E-state index contributed by atoms with van der Waals surface area (Å²) in [6.07, 6.45) is 0. The summed E-state index contributed by atoms with van der Waals surface area (Å²) in [4.78, 5) is 23.2. The van der Waals surface area contributed by atoms with Gasteiger partial charge in [-0.1, -0.05) is 48.5 Å². The number of rotatable bonds is 6. The monoisotopic (exact) mass is 461 g/mol. The topological polar surface area (TPSA) is 85.7 Å². The smallest absolute Gasteiger partial charge is 0.335 e. The SMILES string of the molecule is CCOc1ccc(-c2nc(C#N)c3c(n2)n(-c2ccccc2C)c(=O)n3Cc2ccccc2)cc1. The molecule has 0 spiro atoms. The summed E-state index contributed by atoms with van der Waals surface area (Å²) in [5.74, 6) is 1.11. The normalized spacial score (nSPS) is 10.9. The summed E-state index contributed by atoms with van der Waals surface area (Å²) in [7, 11) is 0. The van der Waals surface area contributed by atoms with Crippen molar-refractivity contribution in [3.8, 4) is 28.9 Å². The zero-order valence-electron chi connectivity index (χ0n) is 19.5. The number of aryl methyl sites for hydroxylation is 1. The van der Waals surface area contributed by atoms with Gasteiger partial charge in [0, 0.05) is 5.56 Å². The van der Waals surface area contributed by atoms with E-state index in [9.17, 15) is 10.1 Å². The van der Waals surface area contributed by atoms with Crippen LogP contribution in [0, 0.1) is 18.3 Å². The Morgan fingerprint density at radius 1 is 0.943 bits per heavy atom. The van der Waals surface area contributed by atoms with Crippen LogP contribution in [0.3, 0.4) is 0 Å². The second-order valence-corrected chi connectivity index (χ2v) is 8.11. The van der Waals surface area contributed by atoms with Gasteiger partial charge in [0.15, 0.2) is 17.2 Å². The van der Waals surface area contributed by atoms with Crippen molar-refractivity contribution in [1.82, 2.24) is 19.1 Å². The van der Waals surface area contributed by atoms with Crippen LogP contribution in [0.4, 0.5) is 0 Å². The van der Waals surface area contributed by atoms with Crippen LogP contribution in [0.1, 0.15) is 23.7 Å².